The lowest BCUT2D eigenvalue weighted by atomic mass is 9.97. The van der Waals surface area contributed by atoms with Crippen LogP contribution in [0.1, 0.15) is 69.2 Å². The van der Waals surface area contributed by atoms with Gasteiger partial charge in [-0.05, 0) is 49.3 Å². The average Bonchev–Trinajstić information content (AvgIpc) is 2.46. The van der Waals surface area contributed by atoms with Gasteiger partial charge in [-0.1, -0.05) is 39.5 Å². The Morgan fingerprint density at radius 3 is 2.79 bits per heavy atom. The van der Waals surface area contributed by atoms with Gasteiger partial charge in [-0.2, -0.15) is 0 Å². The van der Waals surface area contributed by atoms with Crippen molar-refractivity contribution in [2.45, 2.75) is 71.6 Å². The van der Waals surface area contributed by atoms with Gasteiger partial charge in [0.1, 0.15) is 5.82 Å². The largest absolute Gasteiger partial charge is 0.370 e. The summed E-state index contributed by atoms with van der Waals surface area (Å²) >= 11 is 0. The van der Waals surface area contributed by atoms with Crippen molar-refractivity contribution in [1.29, 1.82) is 0 Å². The van der Waals surface area contributed by atoms with Gasteiger partial charge in [0.25, 0.3) is 0 Å². The molecule has 0 saturated carbocycles. The molecule has 2 heterocycles. The van der Waals surface area contributed by atoms with Crippen LogP contribution in [0.5, 0.6) is 0 Å². The summed E-state index contributed by atoms with van der Waals surface area (Å²) in [7, 11) is 0. The van der Waals surface area contributed by atoms with E-state index in [9.17, 15) is 0 Å². The Bertz CT molecular complexity index is 381. The number of aromatic nitrogens is 1. The van der Waals surface area contributed by atoms with E-state index >= 15 is 0 Å². The maximum absolute atomic E-state index is 4.83. The summed E-state index contributed by atoms with van der Waals surface area (Å²) in [6.45, 7) is 5.61. The smallest absolute Gasteiger partial charge is 0.129 e. The van der Waals surface area contributed by atoms with Crippen molar-refractivity contribution < 1.29 is 0 Å². The van der Waals surface area contributed by atoms with E-state index in [1.54, 1.807) is 0 Å². The Morgan fingerprint density at radius 2 is 2.00 bits per heavy atom. The van der Waals surface area contributed by atoms with Crippen molar-refractivity contribution >= 4 is 5.82 Å². The molecule has 0 aliphatic carbocycles. The fourth-order valence-electron chi connectivity index (χ4n) is 2.93. The number of fused-ring (bicyclic) bond motifs is 1. The number of unbranched alkanes of at least 4 members (excludes halogenated alkanes) is 4. The summed E-state index contributed by atoms with van der Waals surface area (Å²) in [6, 6.07) is 2.35. The molecule has 1 aliphatic heterocycles. The minimum atomic E-state index is 1.09. The zero-order valence-electron chi connectivity index (χ0n) is 12.6. The van der Waals surface area contributed by atoms with Crippen LogP contribution in [-0.2, 0) is 19.3 Å². The summed E-state index contributed by atoms with van der Waals surface area (Å²) < 4.78 is 0. The lowest BCUT2D eigenvalue weighted by molar-refractivity contribution is 0.627. The van der Waals surface area contributed by atoms with E-state index in [1.807, 2.05) is 0 Å². The maximum Gasteiger partial charge on any atom is 0.129 e. The van der Waals surface area contributed by atoms with Gasteiger partial charge >= 0.3 is 0 Å². The zero-order chi connectivity index (χ0) is 13.5. The molecule has 1 N–H and O–H groups in total. The molecule has 19 heavy (non-hydrogen) atoms. The fourth-order valence-corrected chi connectivity index (χ4v) is 2.93. The summed E-state index contributed by atoms with van der Waals surface area (Å²) in [6.07, 6.45) is 11.4. The molecule has 2 heteroatoms. The Morgan fingerprint density at radius 1 is 1.16 bits per heavy atom. The van der Waals surface area contributed by atoms with E-state index < -0.39 is 0 Å². The number of hydrogen-bond acceptors (Lipinski definition) is 2. The second kappa shape index (κ2) is 7.52. The van der Waals surface area contributed by atoms with Gasteiger partial charge in [-0.15, -0.1) is 0 Å². The normalized spacial score (nSPS) is 14.0. The highest BCUT2D eigenvalue weighted by molar-refractivity contribution is 5.51. The molecule has 0 aromatic carbocycles. The number of rotatable bonds is 7. The molecule has 0 unspecified atom stereocenters. The first-order valence-electron chi connectivity index (χ1n) is 8.10. The minimum Gasteiger partial charge on any atom is -0.370 e. The molecule has 0 atom stereocenters. The highest BCUT2D eigenvalue weighted by Crippen LogP contribution is 2.25. The molecule has 0 bridgehead atoms. The third-order valence-electron chi connectivity index (χ3n) is 4.08. The summed E-state index contributed by atoms with van der Waals surface area (Å²) in [5.74, 6) is 1.18. The second-order valence-electron chi connectivity index (χ2n) is 5.65. The van der Waals surface area contributed by atoms with Crippen LogP contribution in [0.2, 0.25) is 0 Å². The van der Waals surface area contributed by atoms with Gasteiger partial charge in [0.15, 0.2) is 0 Å². The molecule has 1 aromatic heterocycles. The summed E-state index contributed by atoms with van der Waals surface area (Å²) in [4.78, 5) is 4.83. The molecular formula is C17H28N2. The van der Waals surface area contributed by atoms with Crippen LogP contribution in [0.3, 0.4) is 0 Å². The third-order valence-corrected chi connectivity index (χ3v) is 4.08. The standard InChI is InChI=1S/C17H28N2/c1-3-5-6-7-8-10-15-13-14(4-2)16-11-9-12-18-17(16)19-15/h13H,3-12H2,1-2H3,(H,18,19). The first-order valence-corrected chi connectivity index (χ1v) is 8.10. The van der Waals surface area contributed by atoms with Crippen molar-refractivity contribution in [3.05, 3.63) is 22.9 Å². The van der Waals surface area contributed by atoms with Crippen LogP contribution in [0.4, 0.5) is 5.82 Å². The molecule has 0 amide bonds. The van der Waals surface area contributed by atoms with Crippen LogP contribution in [0, 0.1) is 0 Å². The number of aryl methyl sites for hydroxylation is 2. The lowest BCUT2D eigenvalue weighted by Gasteiger charge is -2.21. The monoisotopic (exact) mass is 260 g/mol. The van der Waals surface area contributed by atoms with Gasteiger partial charge in [0.2, 0.25) is 0 Å². The number of nitrogens with one attached hydrogen (secondary N) is 1. The topological polar surface area (TPSA) is 24.9 Å². The molecule has 1 aliphatic rings. The van der Waals surface area contributed by atoms with Crippen molar-refractivity contribution in [2.24, 2.45) is 0 Å². The number of anilines is 1. The fraction of sp³-hybridized carbons (Fsp3) is 0.706. The lowest BCUT2D eigenvalue weighted by Crippen LogP contribution is -2.16. The maximum atomic E-state index is 4.83. The average molecular weight is 260 g/mol. The van der Waals surface area contributed by atoms with E-state index in [4.69, 9.17) is 4.98 Å². The molecule has 0 spiro atoms. The molecule has 2 rings (SSSR count). The van der Waals surface area contributed by atoms with Crippen molar-refractivity contribution in [3.8, 4) is 0 Å². The van der Waals surface area contributed by atoms with E-state index in [2.05, 4.69) is 25.2 Å². The molecular weight excluding hydrogens is 232 g/mol. The predicted molar refractivity (Wildman–Crippen MR) is 82.9 cm³/mol. The Labute approximate surface area is 118 Å². The SMILES string of the molecule is CCCCCCCc1cc(CC)c2c(n1)NCCC2. The van der Waals surface area contributed by atoms with Crippen LogP contribution in [0.25, 0.3) is 0 Å². The van der Waals surface area contributed by atoms with E-state index in [0.29, 0.717) is 0 Å². The van der Waals surface area contributed by atoms with Crippen molar-refractivity contribution in [1.82, 2.24) is 4.98 Å². The third kappa shape index (κ3) is 3.95. The zero-order valence-corrected chi connectivity index (χ0v) is 12.6. The van der Waals surface area contributed by atoms with Crippen LogP contribution >= 0.6 is 0 Å². The summed E-state index contributed by atoms with van der Waals surface area (Å²) in [5.41, 5.74) is 4.28. The quantitative estimate of drug-likeness (QED) is 0.729. The van der Waals surface area contributed by atoms with Crippen molar-refractivity contribution in [2.75, 3.05) is 11.9 Å². The van der Waals surface area contributed by atoms with Crippen LogP contribution in [0.15, 0.2) is 6.07 Å². The van der Waals surface area contributed by atoms with Gasteiger partial charge in [0, 0.05) is 12.2 Å². The minimum absolute atomic E-state index is 1.09. The second-order valence-corrected chi connectivity index (χ2v) is 5.65. The molecule has 0 radical (unpaired) electrons. The highest BCUT2D eigenvalue weighted by atomic mass is 15.0. The van der Waals surface area contributed by atoms with Gasteiger partial charge in [-0.25, -0.2) is 4.98 Å². The summed E-state index contributed by atoms with van der Waals surface area (Å²) in [5, 5.41) is 3.48. The van der Waals surface area contributed by atoms with Crippen LogP contribution < -0.4 is 5.32 Å². The van der Waals surface area contributed by atoms with E-state index in [-0.39, 0.29) is 0 Å². The predicted octanol–water partition coefficient (Wildman–Crippen LogP) is 4.52. The Kier molecular flexibility index (Phi) is 5.68. The molecule has 1 aromatic rings. The Hall–Kier alpha value is -1.05. The van der Waals surface area contributed by atoms with Crippen molar-refractivity contribution in [3.63, 3.8) is 0 Å². The van der Waals surface area contributed by atoms with E-state index in [1.165, 1.54) is 67.6 Å². The van der Waals surface area contributed by atoms with Gasteiger partial charge in [-0.3, -0.25) is 0 Å². The first-order chi connectivity index (χ1) is 9.35. The molecule has 0 saturated heterocycles. The molecule has 2 nitrogen and oxygen atoms in total. The van der Waals surface area contributed by atoms with E-state index in [0.717, 1.165) is 19.4 Å². The Balaban J connectivity index is 1.97. The molecule has 0 fully saturated rings. The van der Waals surface area contributed by atoms with Gasteiger partial charge in [0.05, 0.1) is 0 Å². The highest BCUT2D eigenvalue weighted by Gasteiger charge is 2.14. The number of nitrogens with zero attached hydrogens (tertiary/aromatic N) is 1. The number of hydrogen-bond donors (Lipinski definition) is 1. The van der Waals surface area contributed by atoms with Gasteiger partial charge < -0.3 is 5.32 Å². The number of pyridine rings is 1. The van der Waals surface area contributed by atoms with Crippen LogP contribution in [-0.4, -0.2) is 11.5 Å². The molecule has 106 valence electrons. The first kappa shape index (κ1) is 14.4.